The van der Waals surface area contributed by atoms with Crippen LogP contribution in [-0.4, -0.2) is 23.7 Å². The van der Waals surface area contributed by atoms with E-state index < -0.39 is 5.97 Å². The highest BCUT2D eigenvalue weighted by molar-refractivity contribution is 5.73. The summed E-state index contributed by atoms with van der Waals surface area (Å²) in [5.74, 6) is -0.131. The largest absolute Gasteiger partial charge is 0.480 e. The molecule has 1 rings (SSSR count). The Bertz CT molecular complexity index is 270. The minimum absolute atomic E-state index is 0.327. The Kier molecular flexibility index (Phi) is 4.23. The third-order valence-electron chi connectivity index (χ3n) is 5.03. The molecule has 0 radical (unpaired) electrons. The van der Waals surface area contributed by atoms with Gasteiger partial charge < -0.3 is 10.4 Å². The summed E-state index contributed by atoms with van der Waals surface area (Å²) in [6.45, 7) is 12.0. The van der Waals surface area contributed by atoms with Crippen LogP contribution in [0.1, 0.15) is 53.9 Å². The summed E-state index contributed by atoms with van der Waals surface area (Å²) in [4.78, 5) is 11.1. The maximum atomic E-state index is 11.1. The van der Waals surface area contributed by atoms with Crippen LogP contribution in [0.2, 0.25) is 0 Å². The summed E-state index contributed by atoms with van der Waals surface area (Å²) in [6, 6.07) is -0.373. The van der Waals surface area contributed by atoms with Crippen molar-refractivity contribution in [3.05, 3.63) is 0 Å². The van der Waals surface area contributed by atoms with Crippen LogP contribution in [0.15, 0.2) is 0 Å². The van der Waals surface area contributed by atoms with Crippen LogP contribution < -0.4 is 5.32 Å². The molecule has 2 N–H and O–H groups in total. The van der Waals surface area contributed by atoms with Gasteiger partial charge in [0.2, 0.25) is 0 Å². The molecule has 1 saturated carbocycles. The first-order chi connectivity index (χ1) is 7.75. The third-order valence-corrected chi connectivity index (χ3v) is 5.03. The van der Waals surface area contributed by atoms with Gasteiger partial charge in [-0.3, -0.25) is 4.79 Å². The van der Waals surface area contributed by atoms with E-state index in [-0.39, 0.29) is 6.04 Å². The van der Waals surface area contributed by atoms with E-state index in [1.54, 1.807) is 0 Å². The average Bonchev–Trinajstić information content (AvgIpc) is 2.59. The molecule has 1 unspecified atom stereocenters. The maximum Gasteiger partial charge on any atom is 0.320 e. The molecular formula is C14H27NO2. The molecule has 100 valence electrons. The first kappa shape index (κ1) is 14.5. The van der Waals surface area contributed by atoms with Crippen LogP contribution in [0.3, 0.4) is 0 Å². The van der Waals surface area contributed by atoms with Gasteiger partial charge in [0.25, 0.3) is 0 Å². The Labute approximate surface area is 105 Å². The molecule has 0 aliphatic heterocycles. The zero-order chi connectivity index (χ0) is 13.3. The number of rotatable bonds is 7. The predicted molar refractivity (Wildman–Crippen MR) is 70.0 cm³/mol. The van der Waals surface area contributed by atoms with Gasteiger partial charge in [0.15, 0.2) is 0 Å². The normalized spacial score (nSPS) is 23.4. The second-order valence-electron chi connectivity index (χ2n) is 6.44. The first-order valence-electron chi connectivity index (χ1n) is 6.71. The molecule has 0 heterocycles. The molecule has 1 atom stereocenters. The van der Waals surface area contributed by atoms with Gasteiger partial charge in [0.1, 0.15) is 6.04 Å². The van der Waals surface area contributed by atoms with Crippen molar-refractivity contribution in [1.29, 1.82) is 0 Å². The molecule has 3 nitrogen and oxygen atoms in total. The topological polar surface area (TPSA) is 49.3 Å². The van der Waals surface area contributed by atoms with Crippen LogP contribution >= 0.6 is 0 Å². The van der Waals surface area contributed by atoms with E-state index >= 15 is 0 Å². The highest BCUT2D eigenvalue weighted by Crippen LogP contribution is 2.67. The first-order valence-corrected chi connectivity index (χ1v) is 6.71. The molecule has 1 aliphatic rings. The van der Waals surface area contributed by atoms with Crippen LogP contribution in [0.4, 0.5) is 0 Å². The smallest absolute Gasteiger partial charge is 0.320 e. The van der Waals surface area contributed by atoms with Crippen molar-refractivity contribution >= 4 is 5.97 Å². The van der Waals surface area contributed by atoms with Crippen molar-refractivity contribution in [2.45, 2.75) is 59.9 Å². The summed E-state index contributed by atoms with van der Waals surface area (Å²) < 4.78 is 0. The van der Waals surface area contributed by atoms with Crippen LogP contribution in [0, 0.1) is 16.7 Å². The van der Waals surface area contributed by atoms with Crippen molar-refractivity contribution in [2.24, 2.45) is 16.7 Å². The Morgan fingerprint density at radius 1 is 1.29 bits per heavy atom. The zero-order valence-corrected chi connectivity index (χ0v) is 11.8. The minimum Gasteiger partial charge on any atom is -0.480 e. The Balaban J connectivity index is 2.41. The lowest BCUT2D eigenvalue weighted by Crippen LogP contribution is -2.38. The molecule has 0 saturated heterocycles. The quantitative estimate of drug-likeness (QED) is 0.720. The van der Waals surface area contributed by atoms with E-state index in [0.717, 1.165) is 25.8 Å². The number of unbranched alkanes of at least 4 members (excludes halogenated alkanes) is 1. The number of hydrogen-bond acceptors (Lipinski definition) is 2. The molecule has 1 fully saturated rings. The standard InChI is InChI=1S/C14H27NO2/c1-6-7-8-10(12(16)17)15-9-11-13(2,3)14(11,4)5/h10-11,15H,6-9H2,1-5H3,(H,16,17). The summed E-state index contributed by atoms with van der Waals surface area (Å²) in [5, 5.41) is 12.4. The van der Waals surface area contributed by atoms with Crippen molar-refractivity contribution in [2.75, 3.05) is 6.54 Å². The molecule has 1 aliphatic carbocycles. The number of hydrogen-bond donors (Lipinski definition) is 2. The molecule has 17 heavy (non-hydrogen) atoms. The Hall–Kier alpha value is -0.570. The van der Waals surface area contributed by atoms with Crippen LogP contribution in [0.25, 0.3) is 0 Å². The fourth-order valence-electron chi connectivity index (χ4n) is 2.82. The Morgan fingerprint density at radius 3 is 2.18 bits per heavy atom. The van der Waals surface area contributed by atoms with E-state index in [1.807, 2.05) is 0 Å². The summed E-state index contributed by atoms with van der Waals surface area (Å²) in [5.41, 5.74) is 0.654. The van der Waals surface area contributed by atoms with Gasteiger partial charge in [-0.1, -0.05) is 47.5 Å². The molecule has 0 bridgehead atoms. The molecule has 0 spiro atoms. The fraction of sp³-hybridized carbons (Fsp3) is 0.929. The predicted octanol–water partition coefficient (Wildman–Crippen LogP) is 2.90. The monoisotopic (exact) mass is 241 g/mol. The number of carboxylic acid groups (broad SMARTS) is 1. The minimum atomic E-state index is -0.713. The lowest BCUT2D eigenvalue weighted by Gasteiger charge is -2.14. The van der Waals surface area contributed by atoms with Gasteiger partial charge >= 0.3 is 5.97 Å². The second-order valence-corrected chi connectivity index (χ2v) is 6.44. The fourth-order valence-corrected chi connectivity index (χ4v) is 2.82. The average molecular weight is 241 g/mol. The number of nitrogens with one attached hydrogen (secondary N) is 1. The van der Waals surface area contributed by atoms with Gasteiger partial charge in [0, 0.05) is 0 Å². The summed E-state index contributed by atoms with van der Waals surface area (Å²) in [7, 11) is 0. The summed E-state index contributed by atoms with van der Waals surface area (Å²) >= 11 is 0. The van der Waals surface area contributed by atoms with Crippen molar-refractivity contribution < 1.29 is 9.90 Å². The van der Waals surface area contributed by atoms with E-state index in [9.17, 15) is 4.79 Å². The number of aliphatic carboxylic acids is 1. The van der Waals surface area contributed by atoms with Crippen LogP contribution in [0.5, 0.6) is 0 Å². The molecule has 0 aromatic rings. The highest BCUT2D eigenvalue weighted by Gasteiger charge is 2.63. The molecule has 0 aromatic heterocycles. The Morgan fingerprint density at radius 2 is 1.82 bits per heavy atom. The van der Waals surface area contributed by atoms with Crippen molar-refractivity contribution in [3.63, 3.8) is 0 Å². The van der Waals surface area contributed by atoms with Crippen LogP contribution in [-0.2, 0) is 4.79 Å². The summed E-state index contributed by atoms with van der Waals surface area (Å²) in [6.07, 6.45) is 2.76. The van der Waals surface area contributed by atoms with E-state index in [2.05, 4.69) is 39.9 Å². The zero-order valence-electron chi connectivity index (χ0n) is 11.8. The lowest BCUT2D eigenvalue weighted by molar-refractivity contribution is -0.139. The highest BCUT2D eigenvalue weighted by atomic mass is 16.4. The maximum absolute atomic E-state index is 11.1. The molecule has 0 amide bonds. The van der Waals surface area contributed by atoms with E-state index in [1.165, 1.54) is 0 Å². The van der Waals surface area contributed by atoms with Gasteiger partial charge in [-0.05, 0) is 29.7 Å². The molecular weight excluding hydrogens is 214 g/mol. The van der Waals surface area contributed by atoms with Gasteiger partial charge in [-0.15, -0.1) is 0 Å². The second kappa shape index (κ2) is 4.97. The molecule has 0 aromatic carbocycles. The van der Waals surface area contributed by atoms with Gasteiger partial charge in [0.05, 0.1) is 0 Å². The number of carboxylic acids is 1. The molecule has 3 heteroatoms. The number of carbonyl (C=O) groups is 1. The van der Waals surface area contributed by atoms with E-state index in [0.29, 0.717) is 16.7 Å². The third kappa shape index (κ3) is 2.82. The van der Waals surface area contributed by atoms with Gasteiger partial charge in [-0.25, -0.2) is 0 Å². The van der Waals surface area contributed by atoms with Crippen molar-refractivity contribution in [1.82, 2.24) is 5.32 Å². The van der Waals surface area contributed by atoms with Crippen molar-refractivity contribution in [3.8, 4) is 0 Å². The van der Waals surface area contributed by atoms with E-state index in [4.69, 9.17) is 5.11 Å². The van der Waals surface area contributed by atoms with Gasteiger partial charge in [-0.2, -0.15) is 0 Å². The SMILES string of the molecule is CCCCC(NCC1C(C)(C)C1(C)C)C(=O)O. The lowest BCUT2D eigenvalue weighted by atomic mass is 10.0.